The van der Waals surface area contributed by atoms with Gasteiger partial charge in [-0.2, -0.15) is 11.8 Å². The Balaban J connectivity index is 1.90. The van der Waals surface area contributed by atoms with Crippen molar-refractivity contribution in [3.05, 3.63) is 64.4 Å². The van der Waals surface area contributed by atoms with Crippen molar-refractivity contribution >= 4 is 39.4 Å². The SMILES string of the molecule is COC(=O)c1cccc(S(=O)(=O)NCCSCc2c(F)cccc2Cl)c1. The summed E-state index contributed by atoms with van der Waals surface area (Å²) in [5, 5.41) is 0.345. The number of esters is 1. The molecule has 5 nitrogen and oxygen atoms in total. The number of nitrogens with one attached hydrogen (secondary N) is 1. The third-order valence-electron chi connectivity index (χ3n) is 3.41. The van der Waals surface area contributed by atoms with Gasteiger partial charge in [0, 0.05) is 28.6 Å². The maximum atomic E-state index is 13.7. The lowest BCUT2D eigenvalue weighted by atomic mass is 10.2. The largest absolute Gasteiger partial charge is 0.465 e. The predicted octanol–water partition coefficient (Wildman–Crippen LogP) is 3.48. The molecule has 0 aliphatic rings. The van der Waals surface area contributed by atoms with Crippen LogP contribution < -0.4 is 4.72 Å². The number of carbonyl (C=O) groups is 1. The van der Waals surface area contributed by atoms with Crippen LogP contribution in [0.15, 0.2) is 47.4 Å². The molecule has 0 saturated heterocycles. The Labute approximate surface area is 160 Å². The van der Waals surface area contributed by atoms with Crippen LogP contribution in [0.5, 0.6) is 0 Å². The summed E-state index contributed by atoms with van der Waals surface area (Å²) in [6.07, 6.45) is 0. The van der Waals surface area contributed by atoms with Crippen molar-refractivity contribution in [3.63, 3.8) is 0 Å². The molecule has 2 aromatic rings. The van der Waals surface area contributed by atoms with Crippen molar-refractivity contribution in [2.24, 2.45) is 0 Å². The molecular weight excluding hydrogens is 401 g/mol. The lowest BCUT2D eigenvalue weighted by molar-refractivity contribution is 0.0600. The van der Waals surface area contributed by atoms with Gasteiger partial charge in [-0.05, 0) is 30.3 Å². The van der Waals surface area contributed by atoms with E-state index in [9.17, 15) is 17.6 Å². The minimum Gasteiger partial charge on any atom is -0.465 e. The molecule has 0 atom stereocenters. The van der Waals surface area contributed by atoms with Crippen molar-refractivity contribution in [2.75, 3.05) is 19.4 Å². The van der Waals surface area contributed by atoms with Gasteiger partial charge in [0.25, 0.3) is 0 Å². The van der Waals surface area contributed by atoms with Crippen LogP contribution in [0.25, 0.3) is 0 Å². The number of sulfonamides is 1. The summed E-state index contributed by atoms with van der Waals surface area (Å²) in [5.41, 5.74) is 0.548. The lowest BCUT2D eigenvalue weighted by Gasteiger charge is -2.09. The number of thioether (sulfide) groups is 1. The number of benzene rings is 2. The van der Waals surface area contributed by atoms with Crippen molar-refractivity contribution in [1.29, 1.82) is 0 Å². The van der Waals surface area contributed by atoms with Crippen LogP contribution >= 0.6 is 23.4 Å². The van der Waals surface area contributed by atoms with Gasteiger partial charge in [-0.25, -0.2) is 22.3 Å². The fraction of sp³-hybridized carbons (Fsp3) is 0.235. The van der Waals surface area contributed by atoms with Gasteiger partial charge < -0.3 is 4.74 Å². The van der Waals surface area contributed by atoms with Crippen molar-refractivity contribution < 1.29 is 22.3 Å². The number of hydrogen-bond acceptors (Lipinski definition) is 5. The topological polar surface area (TPSA) is 72.5 Å². The first-order chi connectivity index (χ1) is 12.3. The standard InChI is InChI=1S/C17H17ClFNO4S2/c1-24-17(21)12-4-2-5-13(10-12)26(22,23)20-8-9-25-11-14-15(18)6-3-7-16(14)19/h2-7,10,20H,8-9,11H2,1H3. The Hall–Kier alpha value is -1.61. The molecule has 2 aromatic carbocycles. The fourth-order valence-corrected chi connectivity index (χ4v) is 4.49. The zero-order chi connectivity index (χ0) is 19.2. The Kier molecular flexibility index (Phi) is 7.45. The third-order valence-corrected chi connectivity index (χ3v) is 6.21. The van der Waals surface area contributed by atoms with Crippen LogP contribution in [0.3, 0.4) is 0 Å². The number of ether oxygens (including phenoxy) is 1. The van der Waals surface area contributed by atoms with E-state index in [1.807, 2.05) is 0 Å². The first-order valence-electron chi connectivity index (χ1n) is 7.54. The van der Waals surface area contributed by atoms with E-state index < -0.39 is 16.0 Å². The smallest absolute Gasteiger partial charge is 0.337 e. The fourth-order valence-electron chi connectivity index (χ4n) is 2.08. The molecule has 0 heterocycles. The van der Waals surface area contributed by atoms with Gasteiger partial charge in [0.2, 0.25) is 10.0 Å². The molecule has 0 bridgehead atoms. The van der Waals surface area contributed by atoms with E-state index in [1.165, 1.54) is 55.3 Å². The van der Waals surface area contributed by atoms with Crippen LogP contribution in [0.1, 0.15) is 15.9 Å². The number of halogens is 2. The Morgan fingerprint density at radius 3 is 2.69 bits per heavy atom. The molecule has 0 aromatic heterocycles. The van der Waals surface area contributed by atoms with Crippen molar-refractivity contribution in [3.8, 4) is 0 Å². The van der Waals surface area contributed by atoms with E-state index in [0.29, 0.717) is 22.1 Å². The van der Waals surface area contributed by atoms with Gasteiger partial charge in [-0.3, -0.25) is 0 Å². The average Bonchev–Trinajstić information content (AvgIpc) is 2.63. The van der Waals surface area contributed by atoms with Crippen LogP contribution in [-0.4, -0.2) is 33.8 Å². The highest BCUT2D eigenvalue weighted by atomic mass is 35.5. The van der Waals surface area contributed by atoms with Gasteiger partial charge in [0.1, 0.15) is 5.82 Å². The van der Waals surface area contributed by atoms with Crippen LogP contribution in [0.2, 0.25) is 5.02 Å². The number of methoxy groups -OCH3 is 1. The molecule has 2 rings (SSSR count). The van der Waals surface area contributed by atoms with Gasteiger partial charge in [0.05, 0.1) is 17.6 Å². The quantitative estimate of drug-likeness (QED) is 0.526. The molecule has 0 fully saturated rings. The normalized spacial score (nSPS) is 11.3. The second-order valence-corrected chi connectivity index (χ2v) is 8.45. The zero-order valence-corrected chi connectivity index (χ0v) is 16.3. The predicted molar refractivity (Wildman–Crippen MR) is 101 cm³/mol. The second-order valence-electron chi connectivity index (χ2n) is 5.17. The Morgan fingerprint density at radius 1 is 1.27 bits per heavy atom. The molecule has 0 aliphatic carbocycles. The van der Waals surface area contributed by atoms with E-state index in [1.54, 1.807) is 6.07 Å². The van der Waals surface area contributed by atoms with Crippen LogP contribution in [0, 0.1) is 5.82 Å². The molecule has 0 radical (unpaired) electrons. The van der Waals surface area contributed by atoms with Crippen LogP contribution in [0.4, 0.5) is 4.39 Å². The van der Waals surface area contributed by atoms with Gasteiger partial charge in [-0.15, -0.1) is 0 Å². The monoisotopic (exact) mass is 417 g/mol. The van der Waals surface area contributed by atoms with Gasteiger partial charge >= 0.3 is 5.97 Å². The first kappa shape index (κ1) is 20.7. The summed E-state index contributed by atoms with van der Waals surface area (Å²) in [7, 11) is -2.53. The van der Waals surface area contributed by atoms with E-state index in [-0.39, 0.29) is 22.8 Å². The third kappa shape index (κ3) is 5.44. The molecule has 0 saturated carbocycles. The molecule has 0 aliphatic heterocycles. The van der Waals surface area contributed by atoms with Crippen molar-refractivity contribution in [1.82, 2.24) is 4.72 Å². The maximum Gasteiger partial charge on any atom is 0.337 e. The summed E-state index contributed by atoms with van der Waals surface area (Å²) in [4.78, 5) is 11.5. The summed E-state index contributed by atoms with van der Waals surface area (Å²) >= 11 is 7.30. The summed E-state index contributed by atoms with van der Waals surface area (Å²) in [6.45, 7) is 0.154. The number of rotatable bonds is 8. The summed E-state index contributed by atoms with van der Waals surface area (Å²) in [6, 6.07) is 10.1. The molecule has 0 spiro atoms. The molecule has 0 unspecified atom stereocenters. The molecule has 1 N–H and O–H groups in total. The Bertz CT molecular complexity index is 870. The number of hydrogen-bond donors (Lipinski definition) is 1. The molecule has 9 heteroatoms. The maximum absolute atomic E-state index is 13.7. The van der Waals surface area contributed by atoms with E-state index in [2.05, 4.69) is 9.46 Å². The molecular formula is C17H17ClFNO4S2. The van der Waals surface area contributed by atoms with Crippen molar-refractivity contribution in [2.45, 2.75) is 10.6 Å². The van der Waals surface area contributed by atoms with E-state index in [4.69, 9.17) is 11.6 Å². The van der Waals surface area contributed by atoms with Gasteiger partial charge in [0.15, 0.2) is 0 Å². The summed E-state index contributed by atoms with van der Waals surface area (Å²) < 4.78 is 45.2. The minimum atomic E-state index is -3.76. The Morgan fingerprint density at radius 2 is 2.00 bits per heavy atom. The van der Waals surface area contributed by atoms with E-state index in [0.717, 1.165) is 0 Å². The molecule has 26 heavy (non-hydrogen) atoms. The highest BCUT2D eigenvalue weighted by molar-refractivity contribution is 7.98. The van der Waals surface area contributed by atoms with Gasteiger partial charge in [-0.1, -0.05) is 23.7 Å². The first-order valence-corrected chi connectivity index (χ1v) is 10.6. The highest BCUT2D eigenvalue weighted by Gasteiger charge is 2.16. The lowest BCUT2D eigenvalue weighted by Crippen LogP contribution is -2.26. The average molecular weight is 418 g/mol. The van der Waals surface area contributed by atoms with Crippen LogP contribution in [-0.2, 0) is 20.5 Å². The zero-order valence-electron chi connectivity index (χ0n) is 13.9. The molecule has 140 valence electrons. The summed E-state index contributed by atoms with van der Waals surface area (Å²) in [5.74, 6) is -0.226. The number of carbonyl (C=O) groups excluding carboxylic acids is 1. The molecule has 0 amide bonds. The second kappa shape index (κ2) is 9.36. The highest BCUT2D eigenvalue weighted by Crippen LogP contribution is 2.23. The van der Waals surface area contributed by atoms with E-state index >= 15 is 0 Å². The minimum absolute atomic E-state index is 0.0254.